The van der Waals surface area contributed by atoms with Crippen molar-refractivity contribution >= 4 is 35.9 Å². The second kappa shape index (κ2) is 9.34. The summed E-state index contributed by atoms with van der Waals surface area (Å²) in [4.78, 5) is 16.8. The van der Waals surface area contributed by atoms with Gasteiger partial charge in [-0.3, -0.25) is 10.1 Å². The molecule has 1 amide bonds. The molecule has 1 aliphatic heterocycles. The predicted octanol–water partition coefficient (Wildman–Crippen LogP) is 2.90. The molecular weight excluding hydrogens is 396 g/mol. The molecule has 1 aromatic carbocycles. The molecule has 0 aliphatic carbocycles. The Bertz CT molecular complexity index is 796. The summed E-state index contributed by atoms with van der Waals surface area (Å²) in [6.45, 7) is 3.46. The minimum Gasteiger partial charge on any atom is -0.479 e. The number of nitrogens with one attached hydrogen (secondary N) is 2. The number of piperidine rings is 1. The number of rotatable bonds is 5. The van der Waals surface area contributed by atoms with Crippen LogP contribution in [0.15, 0.2) is 18.2 Å². The van der Waals surface area contributed by atoms with Gasteiger partial charge in [0, 0.05) is 13.0 Å². The standard InChI is InChI=1S/C17H21ClFN5O2.ClH/c1-10(26-14-4-3-12(19)9-13(14)18)16(25)22-17-21-15(23-24(17)2)11-5-7-20-8-6-11;/h3-4,9-11,20H,5-8H2,1-2H3,(H,21,22,23,25);1H. The van der Waals surface area contributed by atoms with Crippen LogP contribution in [0.1, 0.15) is 31.5 Å². The molecule has 1 atom stereocenters. The van der Waals surface area contributed by atoms with Crippen molar-refractivity contribution in [3.05, 3.63) is 34.9 Å². The van der Waals surface area contributed by atoms with Gasteiger partial charge in [0.05, 0.1) is 5.02 Å². The van der Waals surface area contributed by atoms with Crippen molar-refractivity contribution in [2.75, 3.05) is 18.4 Å². The quantitative estimate of drug-likeness (QED) is 0.781. The molecule has 1 aromatic heterocycles. The van der Waals surface area contributed by atoms with Crippen LogP contribution in [0, 0.1) is 5.82 Å². The van der Waals surface area contributed by atoms with Crippen LogP contribution in [0.5, 0.6) is 5.75 Å². The molecule has 0 saturated carbocycles. The molecule has 7 nitrogen and oxygen atoms in total. The summed E-state index contributed by atoms with van der Waals surface area (Å²) < 4.78 is 20.2. The number of aryl methyl sites for hydroxylation is 1. The van der Waals surface area contributed by atoms with Crippen molar-refractivity contribution in [1.82, 2.24) is 20.1 Å². The van der Waals surface area contributed by atoms with E-state index >= 15 is 0 Å². The lowest BCUT2D eigenvalue weighted by Gasteiger charge is -2.19. The average molecular weight is 418 g/mol. The van der Waals surface area contributed by atoms with E-state index < -0.39 is 17.8 Å². The Morgan fingerprint density at radius 2 is 2.15 bits per heavy atom. The number of carbonyl (C=O) groups is 1. The fourth-order valence-electron chi connectivity index (χ4n) is 2.79. The number of nitrogens with zero attached hydrogens (tertiary/aromatic N) is 3. The topological polar surface area (TPSA) is 81.1 Å². The summed E-state index contributed by atoms with van der Waals surface area (Å²) in [5, 5.41) is 10.5. The highest BCUT2D eigenvalue weighted by atomic mass is 35.5. The van der Waals surface area contributed by atoms with E-state index in [2.05, 4.69) is 20.7 Å². The smallest absolute Gasteiger partial charge is 0.267 e. The van der Waals surface area contributed by atoms with Gasteiger partial charge in [-0.15, -0.1) is 12.4 Å². The van der Waals surface area contributed by atoms with E-state index in [1.807, 2.05) is 0 Å². The van der Waals surface area contributed by atoms with E-state index in [9.17, 15) is 9.18 Å². The zero-order valence-electron chi connectivity index (χ0n) is 15.0. The normalized spacial score (nSPS) is 15.7. The van der Waals surface area contributed by atoms with Crippen LogP contribution in [0.4, 0.5) is 10.3 Å². The molecule has 2 N–H and O–H groups in total. The first-order chi connectivity index (χ1) is 12.4. The van der Waals surface area contributed by atoms with E-state index in [0.717, 1.165) is 37.8 Å². The third kappa shape index (κ3) is 5.31. The Labute approximate surface area is 168 Å². The predicted molar refractivity (Wildman–Crippen MR) is 103 cm³/mol. The Kier molecular flexibility index (Phi) is 7.41. The number of aromatic nitrogens is 3. The third-order valence-electron chi connectivity index (χ3n) is 4.29. The largest absolute Gasteiger partial charge is 0.479 e. The van der Waals surface area contributed by atoms with Crippen LogP contribution >= 0.6 is 24.0 Å². The molecule has 1 saturated heterocycles. The summed E-state index contributed by atoms with van der Waals surface area (Å²) in [5.41, 5.74) is 0. The number of anilines is 1. The number of halogens is 3. The van der Waals surface area contributed by atoms with Gasteiger partial charge in [0.2, 0.25) is 5.95 Å². The lowest BCUT2D eigenvalue weighted by atomic mass is 9.98. The van der Waals surface area contributed by atoms with Crippen LogP contribution in [-0.4, -0.2) is 39.9 Å². The highest BCUT2D eigenvalue weighted by molar-refractivity contribution is 6.32. The first-order valence-corrected chi connectivity index (χ1v) is 8.86. The zero-order chi connectivity index (χ0) is 18.7. The maximum Gasteiger partial charge on any atom is 0.267 e. The van der Waals surface area contributed by atoms with E-state index in [1.54, 1.807) is 18.7 Å². The van der Waals surface area contributed by atoms with Gasteiger partial charge in [-0.1, -0.05) is 11.6 Å². The number of benzene rings is 1. The first kappa shape index (κ1) is 21.4. The molecule has 0 spiro atoms. The van der Waals surface area contributed by atoms with Gasteiger partial charge in [0.25, 0.3) is 5.91 Å². The van der Waals surface area contributed by atoms with Crippen LogP contribution < -0.4 is 15.4 Å². The van der Waals surface area contributed by atoms with Crippen LogP contribution in [-0.2, 0) is 11.8 Å². The molecule has 0 radical (unpaired) electrons. The number of ether oxygens (including phenoxy) is 1. The van der Waals surface area contributed by atoms with Crippen molar-refractivity contribution in [3.8, 4) is 5.75 Å². The summed E-state index contributed by atoms with van der Waals surface area (Å²) in [5.74, 6) is 0.772. The minimum absolute atomic E-state index is 0. The second-order valence-corrected chi connectivity index (χ2v) is 6.67. The lowest BCUT2D eigenvalue weighted by molar-refractivity contribution is -0.122. The van der Waals surface area contributed by atoms with E-state index in [4.69, 9.17) is 16.3 Å². The molecule has 148 valence electrons. The Morgan fingerprint density at radius 1 is 1.44 bits per heavy atom. The fraction of sp³-hybridized carbons (Fsp3) is 0.471. The summed E-state index contributed by atoms with van der Waals surface area (Å²) >= 11 is 5.92. The Balaban J connectivity index is 0.00000261. The van der Waals surface area contributed by atoms with Crippen molar-refractivity contribution in [2.45, 2.75) is 31.8 Å². The first-order valence-electron chi connectivity index (χ1n) is 8.48. The van der Waals surface area contributed by atoms with Crippen LogP contribution in [0.25, 0.3) is 0 Å². The maximum atomic E-state index is 13.1. The van der Waals surface area contributed by atoms with Crippen molar-refractivity contribution < 1.29 is 13.9 Å². The molecule has 27 heavy (non-hydrogen) atoms. The molecule has 2 heterocycles. The molecule has 2 aromatic rings. The zero-order valence-corrected chi connectivity index (χ0v) is 16.6. The van der Waals surface area contributed by atoms with Crippen molar-refractivity contribution in [2.24, 2.45) is 7.05 Å². The SMILES string of the molecule is CC(Oc1ccc(F)cc1Cl)C(=O)Nc1nc(C2CCNCC2)nn1C.Cl. The monoisotopic (exact) mass is 417 g/mol. The van der Waals surface area contributed by atoms with Crippen molar-refractivity contribution in [3.63, 3.8) is 0 Å². The summed E-state index contributed by atoms with van der Waals surface area (Å²) in [6, 6.07) is 3.74. The van der Waals surface area contributed by atoms with Gasteiger partial charge in [0.15, 0.2) is 11.9 Å². The lowest BCUT2D eigenvalue weighted by Crippen LogP contribution is -2.31. The average Bonchev–Trinajstić information content (AvgIpc) is 2.98. The van der Waals surface area contributed by atoms with E-state index in [0.29, 0.717) is 11.9 Å². The van der Waals surface area contributed by atoms with Crippen molar-refractivity contribution in [1.29, 1.82) is 0 Å². The third-order valence-corrected chi connectivity index (χ3v) is 4.58. The number of amides is 1. The van der Waals surface area contributed by atoms with Gasteiger partial charge in [-0.2, -0.15) is 10.1 Å². The number of hydrogen-bond acceptors (Lipinski definition) is 5. The molecule has 10 heteroatoms. The minimum atomic E-state index is -0.836. The number of hydrogen-bond donors (Lipinski definition) is 2. The highest BCUT2D eigenvalue weighted by Gasteiger charge is 2.23. The fourth-order valence-corrected chi connectivity index (χ4v) is 3.00. The van der Waals surface area contributed by atoms with Gasteiger partial charge >= 0.3 is 0 Å². The van der Waals surface area contributed by atoms with Crippen LogP contribution in [0.3, 0.4) is 0 Å². The molecule has 0 bridgehead atoms. The number of carbonyl (C=O) groups excluding carboxylic acids is 1. The van der Waals surface area contributed by atoms with Gasteiger partial charge in [-0.05, 0) is 51.1 Å². The van der Waals surface area contributed by atoms with Gasteiger partial charge in [-0.25, -0.2) is 9.07 Å². The van der Waals surface area contributed by atoms with Gasteiger partial charge in [0.1, 0.15) is 11.6 Å². The van der Waals surface area contributed by atoms with Crippen LogP contribution in [0.2, 0.25) is 5.02 Å². The highest BCUT2D eigenvalue weighted by Crippen LogP contribution is 2.26. The molecule has 1 fully saturated rings. The molecule has 3 rings (SSSR count). The van der Waals surface area contributed by atoms with E-state index in [-0.39, 0.29) is 23.2 Å². The maximum absolute atomic E-state index is 13.1. The second-order valence-electron chi connectivity index (χ2n) is 6.27. The molecule has 1 aliphatic rings. The molecule has 1 unspecified atom stereocenters. The summed E-state index contributed by atoms with van der Waals surface area (Å²) in [6.07, 6.45) is 1.11. The van der Waals surface area contributed by atoms with Gasteiger partial charge < -0.3 is 10.1 Å². The molecular formula is C17H22Cl2FN5O2. The Morgan fingerprint density at radius 3 is 2.81 bits per heavy atom. The summed E-state index contributed by atoms with van der Waals surface area (Å²) in [7, 11) is 1.73. The Hall–Kier alpha value is -1.90. The van der Waals surface area contributed by atoms with E-state index in [1.165, 1.54) is 12.1 Å².